The van der Waals surface area contributed by atoms with E-state index in [1.807, 2.05) is 0 Å². The van der Waals surface area contributed by atoms with Crippen molar-refractivity contribution in [2.75, 3.05) is 0 Å². The molecule has 3 nitrogen and oxygen atoms in total. The molecular weight excluding hydrogens is 209 g/mol. The molecule has 0 saturated heterocycles. The first kappa shape index (κ1) is 10.5. The fraction of sp³-hybridized carbons (Fsp3) is 0.917. The van der Waals surface area contributed by atoms with Gasteiger partial charge >= 0.3 is 0 Å². The maximum absolute atomic E-state index is 14.5. The van der Waals surface area contributed by atoms with E-state index < -0.39 is 5.67 Å². The normalized spacial score (nSPS) is 49.4. The molecule has 4 aliphatic rings. The van der Waals surface area contributed by atoms with Gasteiger partial charge in [-0.3, -0.25) is 10.0 Å². The number of carbonyl (C=O) groups excluding carboxylic acids is 1. The molecule has 4 aliphatic carbocycles. The Kier molecular flexibility index (Phi) is 2.09. The van der Waals surface area contributed by atoms with Crippen LogP contribution >= 0.6 is 0 Å². The van der Waals surface area contributed by atoms with Gasteiger partial charge in [0.1, 0.15) is 5.67 Å². The lowest BCUT2D eigenvalue weighted by atomic mass is 9.47. The largest absolute Gasteiger partial charge is 0.289 e. The quantitative estimate of drug-likeness (QED) is 0.561. The smallest absolute Gasteiger partial charge is 0.243 e. The summed E-state index contributed by atoms with van der Waals surface area (Å²) in [6, 6.07) is 0. The first-order valence-electron chi connectivity index (χ1n) is 6.14. The van der Waals surface area contributed by atoms with Crippen molar-refractivity contribution in [1.82, 2.24) is 5.48 Å². The third-order valence-electron chi connectivity index (χ3n) is 4.77. The monoisotopic (exact) mass is 227 g/mol. The van der Waals surface area contributed by atoms with Gasteiger partial charge in [-0.15, -0.1) is 0 Å². The zero-order valence-corrected chi connectivity index (χ0v) is 9.34. The predicted molar refractivity (Wildman–Crippen MR) is 55.5 cm³/mol. The standard InChI is InChI=1S/C12H18FNO2/c13-12-4-8-1-9(5-12)3-11(2-8,7-12)6-10(15)14-16/h8-9,16H,1-7H2,(H,14,15). The van der Waals surface area contributed by atoms with Crippen molar-refractivity contribution < 1.29 is 14.4 Å². The van der Waals surface area contributed by atoms with Crippen molar-refractivity contribution in [2.45, 2.75) is 50.6 Å². The summed E-state index contributed by atoms with van der Waals surface area (Å²) in [5.74, 6) is 0.584. The fourth-order valence-corrected chi connectivity index (χ4v) is 4.92. The number of halogens is 1. The summed E-state index contributed by atoms with van der Waals surface area (Å²) in [5, 5.41) is 8.61. The van der Waals surface area contributed by atoms with E-state index in [4.69, 9.17) is 5.21 Å². The predicted octanol–water partition coefficient (Wildman–Crippen LogP) is 2.19. The molecule has 4 saturated carbocycles. The molecule has 0 radical (unpaired) electrons. The maximum atomic E-state index is 14.5. The summed E-state index contributed by atoms with van der Waals surface area (Å²) in [7, 11) is 0. The van der Waals surface area contributed by atoms with Gasteiger partial charge in [-0.05, 0) is 55.8 Å². The van der Waals surface area contributed by atoms with Crippen LogP contribution in [0.2, 0.25) is 0 Å². The van der Waals surface area contributed by atoms with Gasteiger partial charge in [0.05, 0.1) is 0 Å². The third kappa shape index (κ3) is 1.54. The topological polar surface area (TPSA) is 49.3 Å². The van der Waals surface area contributed by atoms with Gasteiger partial charge in [0, 0.05) is 6.42 Å². The van der Waals surface area contributed by atoms with Gasteiger partial charge in [-0.25, -0.2) is 9.87 Å². The number of amides is 1. The van der Waals surface area contributed by atoms with Crippen LogP contribution in [-0.2, 0) is 4.79 Å². The van der Waals surface area contributed by atoms with Crippen molar-refractivity contribution in [2.24, 2.45) is 17.3 Å². The van der Waals surface area contributed by atoms with Crippen LogP contribution in [0, 0.1) is 17.3 Å². The van der Waals surface area contributed by atoms with E-state index in [2.05, 4.69) is 0 Å². The van der Waals surface area contributed by atoms with Crippen molar-refractivity contribution in [3.8, 4) is 0 Å². The highest BCUT2D eigenvalue weighted by Gasteiger charge is 2.58. The number of hydrogen-bond acceptors (Lipinski definition) is 2. The second kappa shape index (κ2) is 3.19. The summed E-state index contributed by atoms with van der Waals surface area (Å²) in [6.45, 7) is 0. The molecule has 0 aromatic rings. The average Bonchev–Trinajstić information content (AvgIpc) is 2.12. The van der Waals surface area contributed by atoms with Crippen LogP contribution in [0.25, 0.3) is 0 Å². The third-order valence-corrected chi connectivity index (χ3v) is 4.77. The highest BCUT2D eigenvalue weighted by atomic mass is 19.1. The lowest BCUT2D eigenvalue weighted by molar-refractivity contribution is -0.148. The van der Waals surface area contributed by atoms with Crippen molar-refractivity contribution >= 4 is 5.91 Å². The van der Waals surface area contributed by atoms with Crippen LogP contribution in [0.5, 0.6) is 0 Å². The number of nitrogens with one attached hydrogen (secondary N) is 1. The van der Waals surface area contributed by atoms with E-state index in [0.717, 1.165) is 19.3 Å². The minimum atomic E-state index is -1.01. The molecule has 0 aromatic heterocycles. The van der Waals surface area contributed by atoms with Crippen molar-refractivity contribution in [1.29, 1.82) is 0 Å². The summed E-state index contributed by atoms with van der Waals surface area (Å²) in [5.41, 5.74) is 0.516. The van der Waals surface area contributed by atoms with E-state index in [9.17, 15) is 9.18 Å². The van der Waals surface area contributed by atoms with Gasteiger partial charge in [-0.2, -0.15) is 0 Å². The number of rotatable bonds is 2. The highest BCUT2D eigenvalue weighted by Crippen LogP contribution is 2.64. The first-order chi connectivity index (χ1) is 7.53. The summed E-state index contributed by atoms with van der Waals surface area (Å²) >= 11 is 0. The van der Waals surface area contributed by atoms with Crippen molar-refractivity contribution in [3.63, 3.8) is 0 Å². The zero-order chi connectivity index (χ0) is 11.4. The highest BCUT2D eigenvalue weighted by molar-refractivity contribution is 5.75. The molecule has 1 amide bonds. The lowest BCUT2D eigenvalue weighted by Crippen LogP contribution is -2.54. The minimum absolute atomic E-state index is 0.161. The molecule has 0 heterocycles. The van der Waals surface area contributed by atoms with Crippen molar-refractivity contribution in [3.05, 3.63) is 0 Å². The molecule has 4 heteroatoms. The Morgan fingerprint density at radius 2 is 1.94 bits per heavy atom. The van der Waals surface area contributed by atoms with E-state index >= 15 is 0 Å². The van der Waals surface area contributed by atoms with Crippen LogP contribution in [0.1, 0.15) is 44.9 Å². The summed E-state index contributed by atoms with van der Waals surface area (Å²) in [6.07, 6.45) is 5.32. The molecule has 2 N–H and O–H groups in total. The van der Waals surface area contributed by atoms with Crippen LogP contribution in [0.3, 0.4) is 0 Å². The Morgan fingerprint density at radius 1 is 1.31 bits per heavy atom. The van der Waals surface area contributed by atoms with Crippen LogP contribution in [-0.4, -0.2) is 16.8 Å². The van der Waals surface area contributed by atoms with E-state index in [1.165, 1.54) is 0 Å². The SMILES string of the molecule is O=C(CC12CC3CC(CC(F)(C3)C1)C2)NO. The lowest BCUT2D eigenvalue weighted by Gasteiger charge is -2.59. The average molecular weight is 227 g/mol. The number of hydroxylamine groups is 1. The minimum Gasteiger partial charge on any atom is -0.289 e. The zero-order valence-electron chi connectivity index (χ0n) is 9.34. The Labute approximate surface area is 94.4 Å². The Morgan fingerprint density at radius 3 is 2.44 bits per heavy atom. The second-order valence-corrected chi connectivity index (χ2v) is 6.32. The van der Waals surface area contributed by atoms with Gasteiger partial charge in [0.15, 0.2) is 0 Å². The maximum Gasteiger partial charge on any atom is 0.243 e. The van der Waals surface area contributed by atoms with Gasteiger partial charge in [0.25, 0.3) is 0 Å². The second-order valence-electron chi connectivity index (χ2n) is 6.32. The molecule has 2 atom stereocenters. The first-order valence-corrected chi connectivity index (χ1v) is 6.14. The molecule has 0 spiro atoms. The summed E-state index contributed by atoms with van der Waals surface area (Å²) in [4.78, 5) is 11.3. The van der Waals surface area contributed by atoms with E-state index in [-0.39, 0.29) is 11.3 Å². The fourth-order valence-electron chi connectivity index (χ4n) is 4.92. The van der Waals surface area contributed by atoms with Gasteiger partial charge in [0.2, 0.25) is 5.91 Å². The molecule has 0 aromatic carbocycles. The summed E-state index contributed by atoms with van der Waals surface area (Å²) < 4.78 is 14.5. The van der Waals surface area contributed by atoms with Crippen LogP contribution in [0.4, 0.5) is 4.39 Å². The number of carbonyl (C=O) groups is 1. The molecule has 4 fully saturated rings. The van der Waals surface area contributed by atoms with Crippen LogP contribution < -0.4 is 5.48 Å². The molecular formula is C12H18FNO2. The Bertz CT molecular complexity index is 317. The molecule has 16 heavy (non-hydrogen) atoms. The Hall–Kier alpha value is -0.640. The van der Waals surface area contributed by atoms with E-state index in [1.54, 1.807) is 5.48 Å². The van der Waals surface area contributed by atoms with E-state index in [0.29, 0.717) is 37.5 Å². The molecule has 0 aliphatic heterocycles. The number of hydrogen-bond donors (Lipinski definition) is 2. The molecule has 4 rings (SSSR count). The molecule has 4 bridgehead atoms. The number of alkyl halides is 1. The van der Waals surface area contributed by atoms with Crippen LogP contribution in [0.15, 0.2) is 0 Å². The van der Waals surface area contributed by atoms with Gasteiger partial charge < -0.3 is 0 Å². The van der Waals surface area contributed by atoms with Gasteiger partial charge in [-0.1, -0.05) is 0 Å². The molecule has 90 valence electrons. The Balaban J connectivity index is 1.83. The molecule has 2 unspecified atom stereocenters.